The summed E-state index contributed by atoms with van der Waals surface area (Å²) in [6, 6.07) is 10.8. The largest absolute Gasteiger partial charge is 0.351 e. The minimum absolute atomic E-state index is 0.154. The topological polar surface area (TPSA) is 88.8 Å². The van der Waals surface area contributed by atoms with Crippen molar-refractivity contribution in [3.05, 3.63) is 70.7 Å². The van der Waals surface area contributed by atoms with Gasteiger partial charge in [0, 0.05) is 42.5 Å². The minimum atomic E-state index is -0.368. The monoisotopic (exact) mass is 551 g/mol. The van der Waals surface area contributed by atoms with Crippen LogP contribution in [-0.2, 0) is 5.75 Å². The highest BCUT2D eigenvalue weighted by molar-refractivity contribution is 7.98. The van der Waals surface area contributed by atoms with Crippen molar-refractivity contribution in [2.75, 3.05) is 19.6 Å². The van der Waals surface area contributed by atoms with Crippen molar-refractivity contribution in [3.63, 3.8) is 0 Å². The van der Waals surface area contributed by atoms with Gasteiger partial charge in [-0.1, -0.05) is 30.3 Å². The first-order valence-electron chi connectivity index (χ1n) is 12.8. The summed E-state index contributed by atoms with van der Waals surface area (Å²) >= 11 is 2.83. The lowest BCUT2D eigenvalue weighted by Gasteiger charge is -2.33. The molecule has 3 aromatic heterocycles. The van der Waals surface area contributed by atoms with E-state index in [1.165, 1.54) is 48.4 Å². The van der Waals surface area contributed by atoms with Gasteiger partial charge < -0.3 is 10.2 Å². The van der Waals surface area contributed by atoms with Crippen LogP contribution in [0, 0.1) is 5.82 Å². The van der Waals surface area contributed by atoms with E-state index in [0.717, 1.165) is 30.1 Å². The maximum Gasteiger partial charge on any atom is 0.270 e. The van der Waals surface area contributed by atoms with Gasteiger partial charge in [0.15, 0.2) is 11.0 Å². The molecule has 4 heterocycles. The Morgan fingerprint density at radius 2 is 2.03 bits per heavy atom. The number of thiazole rings is 1. The quantitative estimate of drug-likeness (QED) is 0.214. The summed E-state index contributed by atoms with van der Waals surface area (Å²) < 4.78 is 16.5. The van der Waals surface area contributed by atoms with Crippen LogP contribution in [-0.4, -0.2) is 61.2 Å². The number of para-hydroxylation sites is 1. The molecular formula is C27H30FN7OS2. The fourth-order valence-electron chi connectivity index (χ4n) is 4.57. The van der Waals surface area contributed by atoms with Crippen LogP contribution in [0.15, 0.2) is 59.3 Å². The fraction of sp³-hybridized carbons (Fsp3) is 0.370. The number of hydrogen-bond acceptors (Lipinski definition) is 8. The summed E-state index contributed by atoms with van der Waals surface area (Å²) in [4.78, 5) is 23.7. The highest BCUT2D eigenvalue weighted by atomic mass is 32.2. The number of carbonyl (C=O) groups is 1. The van der Waals surface area contributed by atoms with Crippen molar-refractivity contribution in [1.29, 1.82) is 0 Å². The zero-order valence-corrected chi connectivity index (χ0v) is 22.8. The molecule has 5 rings (SSSR count). The number of piperidine rings is 1. The maximum absolute atomic E-state index is 14.8. The molecule has 1 aliphatic rings. The summed E-state index contributed by atoms with van der Waals surface area (Å²) in [5.74, 6) is 0.484. The number of likely N-dealkylation sites (tertiary alicyclic amines) is 1. The van der Waals surface area contributed by atoms with Crippen LogP contribution in [0.2, 0.25) is 0 Å². The Hall–Kier alpha value is -3.15. The first-order chi connectivity index (χ1) is 18.6. The number of amides is 1. The molecule has 1 unspecified atom stereocenters. The molecule has 38 heavy (non-hydrogen) atoms. The summed E-state index contributed by atoms with van der Waals surface area (Å²) in [5, 5.41) is 14.8. The number of rotatable bonds is 10. The third kappa shape index (κ3) is 6.28. The number of benzene rings is 1. The lowest BCUT2D eigenvalue weighted by atomic mass is 10.0. The van der Waals surface area contributed by atoms with Crippen molar-refractivity contribution < 1.29 is 9.18 Å². The third-order valence-corrected chi connectivity index (χ3v) is 8.59. The Bertz CT molecular complexity index is 1360. The second-order valence-corrected chi connectivity index (χ2v) is 11.1. The SMILES string of the molecule is CC1CCCCN1CCCNC(=O)c1csc(CSc2nnc(-c3ccncc3)n2-c2ccccc2F)n1. The van der Waals surface area contributed by atoms with Crippen molar-refractivity contribution in [2.45, 2.75) is 49.6 Å². The van der Waals surface area contributed by atoms with E-state index in [2.05, 4.69) is 37.3 Å². The highest BCUT2D eigenvalue weighted by Crippen LogP contribution is 2.31. The number of nitrogens with one attached hydrogen (secondary N) is 1. The summed E-state index contributed by atoms with van der Waals surface area (Å²) in [7, 11) is 0. The molecule has 1 atom stereocenters. The third-order valence-electron chi connectivity index (χ3n) is 6.62. The molecule has 1 fully saturated rings. The van der Waals surface area contributed by atoms with Gasteiger partial charge in [0.05, 0.1) is 11.4 Å². The van der Waals surface area contributed by atoms with E-state index < -0.39 is 0 Å². The van der Waals surface area contributed by atoms with E-state index in [0.29, 0.717) is 40.7 Å². The highest BCUT2D eigenvalue weighted by Gasteiger charge is 2.20. The zero-order chi connectivity index (χ0) is 26.3. The molecule has 0 radical (unpaired) electrons. The lowest BCUT2D eigenvalue weighted by Crippen LogP contribution is -2.39. The van der Waals surface area contributed by atoms with Gasteiger partial charge in [0.2, 0.25) is 0 Å². The number of hydrogen-bond donors (Lipinski definition) is 1. The molecule has 11 heteroatoms. The van der Waals surface area contributed by atoms with Gasteiger partial charge in [-0.05, 0) is 57.0 Å². The van der Waals surface area contributed by atoms with Crippen LogP contribution < -0.4 is 5.32 Å². The number of halogens is 1. The molecule has 1 amide bonds. The molecule has 1 saturated heterocycles. The van der Waals surface area contributed by atoms with E-state index in [1.807, 2.05) is 12.1 Å². The maximum atomic E-state index is 14.8. The number of thioether (sulfide) groups is 1. The molecule has 1 aromatic carbocycles. The van der Waals surface area contributed by atoms with Crippen LogP contribution in [0.5, 0.6) is 0 Å². The molecule has 0 saturated carbocycles. The second kappa shape index (κ2) is 12.6. The predicted molar refractivity (Wildman–Crippen MR) is 148 cm³/mol. The Morgan fingerprint density at radius 1 is 1.18 bits per heavy atom. The molecule has 0 aliphatic carbocycles. The fourth-order valence-corrected chi connectivity index (χ4v) is 6.31. The molecule has 4 aromatic rings. The Kier molecular flexibility index (Phi) is 8.77. The first-order valence-corrected chi connectivity index (χ1v) is 14.7. The van der Waals surface area contributed by atoms with E-state index in [9.17, 15) is 9.18 Å². The van der Waals surface area contributed by atoms with Gasteiger partial charge >= 0.3 is 0 Å². The first kappa shape index (κ1) is 26.5. The predicted octanol–water partition coefficient (Wildman–Crippen LogP) is 5.21. The molecule has 1 N–H and O–H groups in total. The normalized spacial score (nSPS) is 16.0. The standard InChI is InChI=1S/C27H30FN7OS2/c1-19-7-4-5-15-34(19)16-6-12-30-26(36)22-17-37-24(31-22)18-38-27-33-32-25(20-10-13-29-14-11-20)35(27)23-9-3-2-8-21(23)28/h2-3,8-11,13-14,17,19H,4-7,12,15-16,18H2,1H3,(H,30,36). The average Bonchev–Trinajstić information content (AvgIpc) is 3.59. The lowest BCUT2D eigenvalue weighted by molar-refractivity contribution is 0.0944. The summed E-state index contributed by atoms with van der Waals surface area (Å²) in [6.45, 7) is 5.07. The van der Waals surface area contributed by atoms with Crippen molar-refractivity contribution in [1.82, 2.24) is 34.9 Å². The van der Waals surface area contributed by atoms with Gasteiger partial charge in [-0.3, -0.25) is 14.3 Å². The molecule has 198 valence electrons. The number of nitrogens with zero attached hydrogens (tertiary/aromatic N) is 6. The Labute approximate surface area is 229 Å². The molecule has 0 bridgehead atoms. The van der Waals surface area contributed by atoms with E-state index in [-0.39, 0.29) is 11.7 Å². The molecule has 8 nitrogen and oxygen atoms in total. The molecule has 1 aliphatic heterocycles. The minimum Gasteiger partial charge on any atom is -0.351 e. The second-order valence-electron chi connectivity index (χ2n) is 9.23. The summed E-state index contributed by atoms with van der Waals surface area (Å²) in [5.41, 5.74) is 1.57. The van der Waals surface area contributed by atoms with E-state index in [1.54, 1.807) is 40.5 Å². The Morgan fingerprint density at radius 3 is 2.84 bits per heavy atom. The van der Waals surface area contributed by atoms with Crippen molar-refractivity contribution in [2.24, 2.45) is 0 Å². The summed E-state index contributed by atoms with van der Waals surface area (Å²) in [6.07, 6.45) is 8.09. The van der Waals surface area contributed by atoms with Crippen LogP contribution in [0.25, 0.3) is 17.1 Å². The number of pyridine rings is 1. The van der Waals surface area contributed by atoms with E-state index >= 15 is 0 Å². The van der Waals surface area contributed by atoms with Gasteiger partial charge in [-0.15, -0.1) is 21.5 Å². The molecular weight excluding hydrogens is 521 g/mol. The smallest absolute Gasteiger partial charge is 0.270 e. The van der Waals surface area contributed by atoms with Crippen LogP contribution in [0.4, 0.5) is 4.39 Å². The van der Waals surface area contributed by atoms with Gasteiger partial charge in [-0.25, -0.2) is 9.37 Å². The zero-order valence-electron chi connectivity index (χ0n) is 21.2. The van der Waals surface area contributed by atoms with Gasteiger partial charge in [0.1, 0.15) is 16.5 Å². The Balaban J connectivity index is 1.21. The van der Waals surface area contributed by atoms with Crippen LogP contribution in [0.3, 0.4) is 0 Å². The van der Waals surface area contributed by atoms with Crippen LogP contribution >= 0.6 is 23.1 Å². The average molecular weight is 552 g/mol. The molecule has 0 spiro atoms. The van der Waals surface area contributed by atoms with Gasteiger partial charge in [-0.2, -0.15) is 0 Å². The number of carbonyl (C=O) groups excluding carboxylic acids is 1. The van der Waals surface area contributed by atoms with E-state index in [4.69, 9.17) is 0 Å². The van der Waals surface area contributed by atoms with Crippen LogP contribution in [0.1, 0.15) is 48.1 Å². The van der Waals surface area contributed by atoms with Crippen molar-refractivity contribution in [3.8, 4) is 17.1 Å². The van der Waals surface area contributed by atoms with Gasteiger partial charge in [0.25, 0.3) is 5.91 Å². The number of aromatic nitrogens is 5. The van der Waals surface area contributed by atoms with Crippen molar-refractivity contribution >= 4 is 29.0 Å².